The summed E-state index contributed by atoms with van der Waals surface area (Å²) in [4.78, 5) is 13.4. The van der Waals surface area contributed by atoms with Crippen molar-refractivity contribution in [2.24, 2.45) is 5.92 Å². The van der Waals surface area contributed by atoms with Gasteiger partial charge in [-0.15, -0.1) is 4.31 Å². The summed E-state index contributed by atoms with van der Waals surface area (Å²) in [5.74, 6) is 1.29. The molecule has 6 nitrogen and oxygen atoms in total. The topological polar surface area (TPSA) is 76.7 Å². The molecule has 2 N–H and O–H groups in total. The maximum atomic E-state index is 13.1. The first kappa shape index (κ1) is 24.5. The van der Waals surface area contributed by atoms with Gasteiger partial charge in [0.1, 0.15) is 5.75 Å². The van der Waals surface area contributed by atoms with Crippen molar-refractivity contribution in [1.82, 2.24) is 14.9 Å². The molecule has 0 spiro atoms. The van der Waals surface area contributed by atoms with Crippen LogP contribution in [0, 0.1) is 5.92 Å². The fourth-order valence-electron chi connectivity index (χ4n) is 4.86. The van der Waals surface area contributed by atoms with Gasteiger partial charge in [0, 0.05) is 35.1 Å². The molecule has 2 fully saturated rings. The van der Waals surface area contributed by atoms with Crippen LogP contribution in [0.25, 0.3) is 0 Å². The molecule has 1 aliphatic carbocycles. The van der Waals surface area contributed by atoms with Crippen LogP contribution < -0.4 is 15.4 Å². The summed E-state index contributed by atoms with van der Waals surface area (Å²) in [6.45, 7) is 4.41. The van der Waals surface area contributed by atoms with Gasteiger partial charge >= 0.3 is 0 Å². The van der Waals surface area contributed by atoms with E-state index in [1.807, 2.05) is 18.2 Å². The maximum absolute atomic E-state index is 13.1. The third-order valence-corrected chi connectivity index (χ3v) is 9.64. The zero-order valence-corrected chi connectivity index (χ0v) is 21.2. The summed E-state index contributed by atoms with van der Waals surface area (Å²) in [6, 6.07) is 11.9. The number of nitrogens with one attached hydrogen (secondary N) is 2. The van der Waals surface area contributed by atoms with E-state index in [4.69, 9.17) is 4.74 Å². The second-order valence-corrected chi connectivity index (χ2v) is 12.0. The highest BCUT2D eigenvalue weighted by atomic mass is 32.2. The first-order chi connectivity index (χ1) is 16.0. The van der Waals surface area contributed by atoms with Gasteiger partial charge in [-0.25, -0.2) is 0 Å². The van der Waals surface area contributed by atoms with Crippen LogP contribution in [0.15, 0.2) is 40.6 Å². The first-order valence-corrected chi connectivity index (χ1v) is 13.9. The van der Waals surface area contributed by atoms with Gasteiger partial charge in [-0.05, 0) is 56.4 Å². The highest BCUT2D eigenvalue weighted by Crippen LogP contribution is 2.29. The normalized spacial score (nSPS) is 21.6. The van der Waals surface area contributed by atoms with Crippen LogP contribution in [-0.4, -0.2) is 47.0 Å². The Morgan fingerprint density at radius 2 is 2.06 bits per heavy atom. The molecule has 4 rings (SSSR count). The molecule has 180 valence electrons. The highest BCUT2D eigenvalue weighted by molar-refractivity contribution is 7.91. The molecule has 1 aromatic heterocycles. The summed E-state index contributed by atoms with van der Waals surface area (Å²) >= 11 is 0.359. The van der Waals surface area contributed by atoms with E-state index >= 15 is 0 Å². The third kappa shape index (κ3) is 6.51. The average molecular weight is 490 g/mol. The number of thiophene rings is 1. The van der Waals surface area contributed by atoms with Gasteiger partial charge in [-0.1, -0.05) is 36.7 Å². The van der Waals surface area contributed by atoms with Crippen LogP contribution in [0.5, 0.6) is 5.75 Å². The molecule has 33 heavy (non-hydrogen) atoms. The van der Waals surface area contributed by atoms with Crippen molar-refractivity contribution < 1.29 is 14.1 Å². The van der Waals surface area contributed by atoms with Gasteiger partial charge in [-0.3, -0.25) is 4.79 Å². The van der Waals surface area contributed by atoms with Crippen molar-refractivity contribution in [2.45, 2.75) is 68.3 Å². The molecular formula is C25H35N3O3S2. The Hall–Kier alpha value is -1.58. The number of hydrogen-bond acceptors (Lipinski definition) is 6. The highest BCUT2D eigenvalue weighted by Gasteiger charge is 2.34. The van der Waals surface area contributed by atoms with E-state index in [1.54, 1.807) is 25.3 Å². The van der Waals surface area contributed by atoms with Crippen molar-refractivity contribution in [3.05, 3.63) is 46.8 Å². The van der Waals surface area contributed by atoms with E-state index in [-0.39, 0.29) is 5.91 Å². The molecule has 0 bridgehead atoms. The minimum Gasteiger partial charge on any atom is -0.592 e. The lowest BCUT2D eigenvalue weighted by Gasteiger charge is -2.30. The van der Waals surface area contributed by atoms with Crippen molar-refractivity contribution in [2.75, 3.05) is 20.2 Å². The fourth-order valence-corrected chi connectivity index (χ4v) is 7.49. The molecule has 2 unspecified atom stereocenters. The van der Waals surface area contributed by atoms with E-state index in [1.165, 1.54) is 43.4 Å². The summed E-state index contributed by atoms with van der Waals surface area (Å²) < 4.78 is 21.3. The average Bonchev–Trinajstić information content (AvgIpc) is 3.52. The molecule has 8 heteroatoms. The number of carbonyl (C=O) groups is 1. The Balaban J connectivity index is 1.25. The number of carbonyl (C=O) groups excluding carboxylic acids is 1. The number of methoxy groups -OCH3 is 1. The van der Waals surface area contributed by atoms with E-state index in [2.05, 4.69) is 21.9 Å². The van der Waals surface area contributed by atoms with Gasteiger partial charge in [0.05, 0.1) is 31.6 Å². The molecule has 1 saturated carbocycles. The Labute approximate surface area is 204 Å². The summed E-state index contributed by atoms with van der Waals surface area (Å²) in [5.41, 5.74) is 0.563. The molecule has 0 radical (unpaired) electrons. The lowest BCUT2D eigenvalue weighted by molar-refractivity contribution is 0.0951. The molecule has 2 heterocycles. The number of benzene rings is 1. The number of amides is 1. The summed E-state index contributed by atoms with van der Waals surface area (Å²) in [7, 11) is 1.58. The van der Waals surface area contributed by atoms with E-state index in [0.29, 0.717) is 29.9 Å². The second-order valence-electron chi connectivity index (χ2n) is 9.11. The summed E-state index contributed by atoms with van der Waals surface area (Å²) in [5, 5.41) is 6.76. The van der Waals surface area contributed by atoms with Crippen LogP contribution in [0.1, 0.15) is 60.7 Å². The lowest BCUT2D eigenvalue weighted by Crippen LogP contribution is -2.43. The molecule has 2 aromatic rings. The van der Waals surface area contributed by atoms with Crippen LogP contribution in [0.3, 0.4) is 0 Å². The Morgan fingerprint density at radius 3 is 2.85 bits per heavy atom. The fraction of sp³-hybridized carbons (Fsp3) is 0.560. The van der Waals surface area contributed by atoms with Crippen LogP contribution in [0.2, 0.25) is 0 Å². The maximum Gasteiger partial charge on any atom is 0.251 e. The molecular weight excluding hydrogens is 454 g/mol. The van der Waals surface area contributed by atoms with Gasteiger partial charge in [0.25, 0.3) is 5.91 Å². The standard InChI is InChI=1S/C25H35N3O3S2/c1-18(19-7-4-3-5-8-19)27-21-13-14-28(17-21)33(30)24-12-11-23(32-24)16-26-25(29)20-9-6-10-22(15-20)31-2/h6,9-12,15,18-19,21,27H,3-5,7-8,13-14,16-17H2,1-2H3,(H,26,29)/t18-,21?,33?/m1/s1. The lowest BCUT2D eigenvalue weighted by atomic mass is 9.84. The summed E-state index contributed by atoms with van der Waals surface area (Å²) in [6.07, 6.45) is 7.81. The number of ether oxygens (including phenoxy) is 1. The smallest absolute Gasteiger partial charge is 0.251 e. The Bertz CT molecular complexity index is 916. The minimum absolute atomic E-state index is 0.148. The Morgan fingerprint density at radius 1 is 1.24 bits per heavy atom. The van der Waals surface area contributed by atoms with Crippen LogP contribution in [0.4, 0.5) is 0 Å². The number of rotatable bonds is 9. The van der Waals surface area contributed by atoms with Gasteiger partial charge in [0.2, 0.25) is 4.21 Å². The van der Waals surface area contributed by atoms with Gasteiger partial charge in [-0.2, -0.15) is 0 Å². The number of nitrogens with zero attached hydrogens (tertiary/aromatic N) is 1. The van der Waals surface area contributed by atoms with Crippen molar-refractivity contribution in [3.8, 4) is 5.75 Å². The largest absolute Gasteiger partial charge is 0.592 e. The van der Waals surface area contributed by atoms with Crippen molar-refractivity contribution in [3.63, 3.8) is 0 Å². The quantitative estimate of drug-likeness (QED) is 0.513. The molecule has 1 aromatic carbocycles. The van der Waals surface area contributed by atoms with Gasteiger partial charge in [0.15, 0.2) is 0 Å². The monoisotopic (exact) mass is 489 g/mol. The first-order valence-electron chi connectivity index (χ1n) is 12.0. The Kier molecular flexibility index (Phi) is 8.71. The van der Waals surface area contributed by atoms with Crippen molar-refractivity contribution in [1.29, 1.82) is 0 Å². The van der Waals surface area contributed by atoms with Crippen LogP contribution >= 0.6 is 11.3 Å². The predicted octanol–water partition coefficient (Wildman–Crippen LogP) is 4.34. The molecule has 3 atom stereocenters. The molecule has 1 saturated heterocycles. The SMILES string of the molecule is COc1cccc(C(=O)NCc2ccc([S+]([O-])N3CCC(N[C@H](C)C4CCCCC4)C3)s2)c1. The van der Waals surface area contributed by atoms with E-state index in [9.17, 15) is 9.35 Å². The number of hydrogen-bond donors (Lipinski definition) is 2. The molecule has 1 amide bonds. The molecule has 1 aliphatic heterocycles. The second kappa shape index (κ2) is 11.7. The predicted molar refractivity (Wildman–Crippen MR) is 134 cm³/mol. The van der Waals surface area contributed by atoms with E-state index in [0.717, 1.165) is 34.5 Å². The van der Waals surface area contributed by atoms with Crippen molar-refractivity contribution >= 4 is 28.6 Å². The molecule has 2 aliphatic rings. The van der Waals surface area contributed by atoms with E-state index < -0.39 is 11.4 Å². The minimum atomic E-state index is -1.15. The van der Waals surface area contributed by atoms with Gasteiger partial charge < -0.3 is 19.9 Å². The van der Waals surface area contributed by atoms with Crippen LogP contribution in [-0.2, 0) is 17.9 Å². The zero-order chi connectivity index (χ0) is 23.2. The zero-order valence-electron chi connectivity index (χ0n) is 19.5. The third-order valence-electron chi connectivity index (χ3n) is 6.81.